The highest BCUT2D eigenvalue weighted by Crippen LogP contribution is 2.29. The Morgan fingerprint density at radius 1 is 0.920 bits per heavy atom. The third-order valence-corrected chi connectivity index (χ3v) is 4.17. The maximum atomic E-state index is 12.3. The van der Waals surface area contributed by atoms with E-state index >= 15 is 0 Å². The molecule has 0 saturated heterocycles. The number of carbonyl (C=O) groups is 1. The Morgan fingerprint density at radius 2 is 1.64 bits per heavy atom. The molecule has 4 aromatic rings. The Balaban J connectivity index is 1.64. The number of nitrogens with one attached hydrogen (secondary N) is 1. The van der Waals surface area contributed by atoms with Gasteiger partial charge in [0, 0.05) is 10.6 Å². The highest BCUT2D eigenvalue weighted by Gasteiger charge is 2.13. The van der Waals surface area contributed by atoms with E-state index in [0.717, 1.165) is 16.5 Å². The minimum absolute atomic E-state index is 0.224. The summed E-state index contributed by atoms with van der Waals surface area (Å²) in [7, 11) is 0. The van der Waals surface area contributed by atoms with E-state index in [9.17, 15) is 4.79 Å². The molecule has 0 radical (unpaired) electrons. The zero-order chi connectivity index (χ0) is 17.2. The number of halogens is 1. The van der Waals surface area contributed by atoms with Crippen molar-refractivity contribution in [1.82, 2.24) is 5.16 Å². The van der Waals surface area contributed by atoms with E-state index in [4.69, 9.17) is 16.1 Å². The van der Waals surface area contributed by atoms with Crippen molar-refractivity contribution in [2.45, 2.75) is 0 Å². The molecule has 0 fully saturated rings. The zero-order valence-electron chi connectivity index (χ0n) is 13.1. The van der Waals surface area contributed by atoms with Gasteiger partial charge in [-0.05, 0) is 47.5 Å². The van der Waals surface area contributed by atoms with Crippen LogP contribution in [0, 0.1) is 0 Å². The first-order valence-electron chi connectivity index (χ1n) is 7.72. The number of rotatable bonds is 3. The topological polar surface area (TPSA) is 55.1 Å². The maximum Gasteiger partial charge on any atom is 0.256 e. The number of nitrogens with zero attached hydrogens (tertiary/aromatic N) is 1. The van der Waals surface area contributed by atoms with E-state index in [2.05, 4.69) is 10.5 Å². The standard InChI is InChI=1S/C20H13ClN2O2/c21-16-9-6-13(7-10-16)15-8-11-17-18(12-15)25-23-19(17)22-20(24)14-4-2-1-3-5-14/h1-12H,(H,22,23,24). The van der Waals surface area contributed by atoms with Gasteiger partial charge in [0.15, 0.2) is 11.4 Å². The molecule has 0 aliphatic heterocycles. The number of hydrogen-bond donors (Lipinski definition) is 1. The fraction of sp³-hybridized carbons (Fsp3) is 0. The van der Waals surface area contributed by atoms with Crippen LogP contribution in [-0.2, 0) is 0 Å². The van der Waals surface area contributed by atoms with Gasteiger partial charge < -0.3 is 9.84 Å². The molecular formula is C20H13ClN2O2. The van der Waals surface area contributed by atoms with Crippen LogP contribution >= 0.6 is 11.6 Å². The molecule has 0 spiro atoms. The highest BCUT2D eigenvalue weighted by atomic mass is 35.5. The van der Waals surface area contributed by atoms with E-state index in [0.29, 0.717) is 22.0 Å². The summed E-state index contributed by atoms with van der Waals surface area (Å²) in [4.78, 5) is 12.3. The Labute approximate surface area is 149 Å². The predicted molar refractivity (Wildman–Crippen MR) is 98.9 cm³/mol. The van der Waals surface area contributed by atoms with E-state index in [-0.39, 0.29) is 5.91 Å². The molecule has 4 nitrogen and oxygen atoms in total. The van der Waals surface area contributed by atoms with Crippen molar-refractivity contribution in [3.63, 3.8) is 0 Å². The monoisotopic (exact) mass is 348 g/mol. The summed E-state index contributed by atoms with van der Waals surface area (Å²) in [5, 5.41) is 8.21. The van der Waals surface area contributed by atoms with Gasteiger partial charge in [0.2, 0.25) is 0 Å². The fourth-order valence-corrected chi connectivity index (χ4v) is 2.74. The average Bonchev–Trinajstić information content (AvgIpc) is 3.05. The lowest BCUT2D eigenvalue weighted by atomic mass is 10.0. The molecule has 1 N–H and O–H groups in total. The number of amides is 1. The lowest BCUT2D eigenvalue weighted by molar-refractivity contribution is 0.102. The minimum Gasteiger partial charge on any atom is -0.354 e. The Hall–Kier alpha value is -3.11. The Kier molecular flexibility index (Phi) is 3.96. The van der Waals surface area contributed by atoms with E-state index < -0.39 is 0 Å². The summed E-state index contributed by atoms with van der Waals surface area (Å²) >= 11 is 5.93. The molecule has 0 aliphatic carbocycles. The van der Waals surface area contributed by atoms with Crippen LogP contribution < -0.4 is 5.32 Å². The van der Waals surface area contributed by atoms with Crippen LogP contribution in [0.2, 0.25) is 5.02 Å². The summed E-state index contributed by atoms with van der Waals surface area (Å²) in [6.07, 6.45) is 0. The number of anilines is 1. The smallest absolute Gasteiger partial charge is 0.256 e. The summed E-state index contributed by atoms with van der Waals surface area (Å²) in [6.45, 7) is 0. The van der Waals surface area contributed by atoms with Crippen molar-refractivity contribution >= 4 is 34.3 Å². The molecule has 4 rings (SSSR count). The fourth-order valence-electron chi connectivity index (χ4n) is 2.62. The lowest BCUT2D eigenvalue weighted by Gasteiger charge is -2.03. The van der Waals surface area contributed by atoms with Crippen molar-refractivity contribution in [1.29, 1.82) is 0 Å². The first-order valence-corrected chi connectivity index (χ1v) is 8.10. The second kappa shape index (κ2) is 6.42. The predicted octanol–water partition coefficient (Wildman–Crippen LogP) is 5.40. The van der Waals surface area contributed by atoms with Gasteiger partial charge in [-0.1, -0.05) is 53.2 Å². The Morgan fingerprint density at radius 3 is 2.40 bits per heavy atom. The molecule has 1 amide bonds. The maximum absolute atomic E-state index is 12.3. The van der Waals surface area contributed by atoms with Crippen LogP contribution in [0.3, 0.4) is 0 Å². The van der Waals surface area contributed by atoms with Crippen molar-refractivity contribution in [3.8, 4) is 11.1 Å². The normalized spacial score (nSPS) is 10.8. The second-order valence-corrected chi connectivity index (χ2v) is 6.01. The van der Waals surface area contributed by atoms with E-state index in [1.807, 2.05) is 60.7 Å². The largest absolute Gasteiger partial charge is 0.354 e. The van der Waals surface area contributed by atoms with Gasteiger partial charge in [-0.3, -0.25) is 4.79 Å². The molecule has 0 aliphatic rings. The second-order valence-electron chi connectivity index (χ2n) is 5.57. The van der Waals surface area contributed by atoms with Gasteiger partial charge in [-0.2, -0.15) is 0 Å². The van der Waals surface area contributed by atoms with Gasteiger partial charge in [0.05, 0.1) is 5.39 Å². The van der Waals surface area contributed by atoms with Gasteiger partial charge in [0.1, 0.15) is 0 Å². The Bertz CT molecular complexity index is 1040. The van der Waals surface area contributed by atoms with Crippen LogP contribution in [0.1, 0.15) is 10.4 Å². The molecule has 0 saturated carbocycles. The van der Waals surface area contributed by atoms with Crippen LogP contribution in [0.15, 0.2) is 77.3 Å². The zero-order valence-corrected chi connectivity index (χ0v) is 13.8. The van der Waals surface area contributed by atoms with E-state index in [1.165, 1.54) is 0 Å². The van der Waals surface area contributed by atoms with Gasteiger partial charge in [-0.15, -0.1) is 0 Å². The number of hydrogen-bond acceptors (Lipinski definition) is 3. The molecule has 0 unspecified atom stereocenters. The molecule has 5 heteroatoms. The molecule has 1 aromatic heterocycles. The summed E-state index contributed by atoms with van der Waals surface area (Å²) in [6, 6.07) is 22.3. The summed E-state index contributed by atoms with van der Waals surface area (Å²) in [5.41, 5.74) is 3.19. The van der Waals surface area contributed by atoms with Crippen LogP contribution in [0.5, 0.6) is 0 Å². The molecule has 3 aromatic carbocycles. The molecule has 25 heavy (non-hydrogen) atoms. The average molecular weight is 349 g/mol. The van der Waals surface area contributed by atoms with Crippen LogP contribution in [0.4, 0.5) is 5.82 Å². The molecule has 0 bridgehead atoms. The van der Waals surface area contributed by atoms with Crippen molar-refractivity contribution < 1.29 is 9.32 Å². The molecular weight excluding hydrogens is 336 g/mol. The quantitative estimate of drug-likeness (QED) is 0.539. The third-order valence-electron chi connectivity index (χ3n) is 3.92. The SMILES string of the molecule is O=C(Nc1noc2cc(-c3ccc(Cl)cc3)ccc12)c1ccccc1. The lowest BCUT2D eigenvalue weighted by Crippen LogP contribution is -2.11. The highest BCUT2D eigenvalue weighted by molar-refractivity contribution is 6.30. The van der Waals surface area contributed by atoms with Crippen LogP contribution in [0.25, 0.3) is 22.1 Å². The van der Waals surface area contributed by atoms with Crippen molar-refractivity contribution in [2.75, 3.05) is 5.32 Å². The summed E-state index contributed by atoms with van der Waals surface area (Å²) < 4.78 is 5.38. The van der Waals surface area contributed by atoms with E-state index in [1.54, 1.807) is 12.1 Å². The third kappa shape index (κ3) is 3.12. The van der Waals surface area contributed by atoms with Crippen molar-refractivity contribution in [2.24, 2.45) is 0 Å². The van der Waals surface area contributed by atoms with Gasteiger partial charge in [0.25, 0.3) is 5.91 Å². The number of aromatic nitrogens is 1. The van der Waals surface area contributed by atoms with Crippen molar-refractivity contribution in [3.05, 3.63) is 83.4 Å². The molecule has 0 atom stereocenters. The summed E-state index contributed by atoms with van der Waals surface area (Å²) in [5.74, 6) is 0.184. The van der Waals surface area contributed by atoms with Crippen LogP contribution in [-0.4, -0.2) is 11.1 Å². The minimum atomic E-state index is -0.224. The molecule has 122 valence electrons. The molecule has 1 heterocycles. The van der Waals surface area contributed by atoms with Gasteiger partial charge in [-0.25, -0.2) is 0 Å². The number of fused-ring (bicyclic) bond motifs is 1. The first-order chi connectivity index (χ1) is 12.2. The first kappa shape index (κ1) is 15.4. The number of carbonyl (C=O) groups excluding carboxylic acids is 1. The van der Waals surface area contributed by atoms with Gasteiger partial charge >= 0.3 is 0 Å². The number of benzene rings is 3.